The van der Waals surface area contributed by atoms with Crippen LogP contribution in [0.25, 0.3) is 5.57 Å². The number of pyridine rings is 1. The number of ether oxygens (including phenoxy) is 1. The van der Waals surface area contributed by atoms with Gasteiger partial charge >= 0.3 is 6.03 Å². The van der Waals surface area contributed by atoms with Crippen LogP contribution in [0.3, 0.4) is 0 Å². The predicted octanol–water partition coefficient (Wildman–Crippen LogP) is 5.12. The van der Waals surface area contributed by atoms with Crippen LogP contribution in [0.2, 0.25) is 10.0 Å². The Labute approximate surface area is 277 Å². The molecule has 0 radical (unpaired) electrons. The van der Waals surface area contributed by atoms with Gasteiger partial charge in [-0.25, -0.2) is 9.48 Å². The Balaban J connectivity index is 1.41. The van der Waals surface area contributed by atoms with E-state index in [0.717, 1.165) is 50.4 Å². The van der Waals surface area contributed by atoms with Crippen molar-refractivity contribution >= 4 is 52.1 Å². The molecule has 1 fully saturated rings. The first kappa shape index (κ1) is 33.3. The highest BCUT2D eigenvalue weighted by atomic mass is 35.5. The molecule has 3 N–H and O–H groups in total. The van der Waals surface area contributed by atoms with Crippen LogP contribution in [0.5, 0.6) is 0 Å². The van der Waals surface area contributed by atoms with Gasteiger partial charge in [-0.1, -0.05) is 71.8 Å². The van der Waals surface area contributed by atoms with E-state index >= 15 is 0 Å². The van der Waals surface area contributed by atoms with E-state index in [2.05, 4.69) is 25.8 Å². The van der Waals surface area contributed by atoms with Gasteiger partial charge in [-0.2, -0.15) is 5.10 Å². The monoisotopic (exact) mass is 665 g/mol. The molecule has 3 heterocycles. The molecule has 1 saturated heterocycles. The summed E-state index contributed by atoms with van der Waals surface area (Å²) in [6, 6.07) is 10.8. The van der Waals surface area contributed by atoms with E-state index < -0.39 is 17.0 Å². The highest BCUT2D eigenvalue weighted by molar-refractivity contribution is 6.39. The van der Waals surface area contributed by atoms with Gasteiger partial charge in [-0.05, 0) is 43.5 Å². The molecule has 3 amide bonds. The number of urea groups is 1. The number of anilines is 2. The number of carbonyl (C=O) groups is 2. The highest BCUT2D eigenvalue weighted by Gasteiger charge is 2.37. The van der Waals surface area contributed by atoms with Gasteiger partial charge in [0.1, 0.15) is 5.69 Å². The smallest absolute Gasteiger partial charge is 0.323 e. The maximum absolute atomic E-state index is 13.5. The highest BCUT2D eigenvalue weighted by Crippen LogP contribution is 2.41. The molecule has 0 saturated carbocycles. The van der Waals surface area contributed by atoms with E-state index in [0.29, 0.717) is 18.7 Å². The lowest BCUT2D eigenvalue weighted by Gasteiger charge is -2.33. The maximum Gasteiger partial charge on any atom is 0.323 e. The van der Waals surface area contributed by atoms with Gasteiger partial charge in [0.2, 0.25) is 5.91 Å². The first-order valence-electron chi connectivity index (χ1n) is 15.3. The lowest BCUT2D eigenvalue weighted by molar-refractivity contribution is -0.122. The molecule has 1 aliphatic heterocycles. The fraction of sp³-hybridized carbons (Fsp3) is 0.364. The zero-order chi connectivity index (χ0) is 32.5. The quantitative estimate of drug-likeness (QED) is 0.242. The summed E-state index contributed by atoms with van der Waals surface area (Å²) in [7, 11) is 0. The van der Waals surface area contributed by atoms with E-state index in [1.807, 2.05) is 48.6 Å². The second-order valence-corrected chi connectivity index (χ2v) is 12.0. The summed E-state index contributed by atoms with van der Waals surface area (Å²) in [4.78, 5) is 46.2. The molecule has 2 aromatic heterocycles. The SMILES string of the molecule is CCn1nc(C2(CC(=O)NCCCN3CCOCC3)C=CC=C(c3ccccc3)C2)cc(NC(=O)Nc2c(Cl)cncc2Cl)c1=O. The number of allylic oxidation sites excluding steroid dienone is 4. The lowest BCUT2D eigenvalue weighted by atomic mass is 9.71. The Morgan fingerprint density at radius 1 is 1.07 bits per heavy atom. The largest absolute Gasteiger partial charge is 0.379 e. The van der Waals surface area contributed by atoms with Crippen molar-refractivity contribution in [3.8, 4) is 0 Å². The van der Waals surface area contributed by atoms with Gasteiger partial charge < -0.3 is 20.7 Å². The van der Waals surface area contributed by atoms with E-state index in [9.17, 15) is 14.4 Å². The van der Waals surface area contributed by atoms with Gasteiger partial charge in [0.25, 0.3) is 5.56 Å². The van der Waals surface area contributed by atoms with Crippen molar-refractivity contribution < 1.29 is 14.3 Å². The number of carbonyl (C=O) groups excluding carboxylic acids is 2. The number of rotatable bonds is 11. The number of hydrogen-bond donors (Lipinski definition) is 3. The van der Waals surface area contributed by atoms with Gasteiger partial charge in [0, 0.05) is 50.4 Å². The molecule has 2 aliphatic rings. The van der Waals surface area contributed by atoms with Crippen LogP contribution in [0, 0.1) is 0 Å². The first-order valence-corrected chi connectivity index (χ1v) is 16.0. The zero-order valence-corrected chi connectivity index (χ0v) is 27.1. The third-order valence-corrected chi connectivity index (χ3v) is 8.61. The molecule has 0 spiro atoms. The minimum atomic E-state index is -0.899. The van der Waals surface area contributed by atoms with Crippen molar-refractivity contribution in [3.63, 3.8) is 0 Å². The van der Waals surface area contributed by atoms with E-state index in [1.165, 1.54) is 17.1 Å². The number of benzene rings is 1. The molecule has 242 valence electrons. The van der Waals surface area contributed by atoms with Gasteiger partial charge in [-0.3, -0.25) is 19.5 Å². The van der Waals surface area contributed by atoms with Gasteiger partial charge in [0.15, 0.2) is 0 Å². The fourth-order valence-corrected chi connectivity index (χ4v) is 6.09. The van der Waals surface area contributed by atoms with Crippen molar-refractivity contribution in [3.05, 3.63) is 98.7 Å². The molecule has 5 rings (SSSR count). The van der Waals surface area contributed by atoms with Crippen LogP contribution < -0.4 is 21.5 Å². The van der Waals surface area contributed by atoms with Crippen LogP contribution in [0.1, 0.15) is 37.4 Å². The van der Waals surface area contributed by atoms with E-state index in [1.54, 1.807) is 13.0 Å². The summed E-state index contributed by atoms with van der Waals surface area (Å²) in [6.07, 6.45) is 9.97. The zero-order valence-electron chi connectivity index (χ0n) is 25.6. The first-order chi connectivity index (χ1) is 22.3. The lowest BCUT2D eigenvalue weighted by Crippen LogP contribution is -2.40. The number of halogens is 2. The van der Waals surface area contributed by atoms with Crippen LogP contribution in [0.15, 0.2) is 71.8 Å². The number of amides is 3. The summed E-state index contributed by atoms with van der Waals surface area (Å²) in [6.45, 7) is 6.71. The molecular formula is C33H37Cl2N7O4. The minimum Gasteiger partial charge on any atom is -0.379 e. The number of morpholine rings is 1. The molecular weight excluding hydrogens is 629 g/mol. The van der Waals surface area contributed by atoms with Crippen molar-refractivity contribution in [1.29, 1.82) is 0 Å². The standard InChI is InChI=1S/C33H37Cl2N7O4/c1-2-42-31(44)27(38-32(45)39-30-25(34)21-36-22-26(30)35)18-28(40-42)33(11-6-10-24(19-33)23-8-4-3-5-9-23)20-29(43)37-12-7-13-41-14-16-46-17-15-41/h3-6,8-11,18,21-22H,2,7,12-17,19-20H2,1H3,(H,37,43)(H2,36,38,39,45). The number of aromatic nitrogens is 3. The summed E-state index contributed by atoms with van der Waals surface area (Å²) in [5.41, 5.74) is 1.29. The van der Waals surface area contributed by atoms with Gasteiger partial charge in [-0.15, -0.1) is 0 Å². The molecule has 1 unspecified atom stereocenters. The van der Waals surface area contributed by atoms with Crippen LogP contribution in [-0.4, -0.2) is 71.0 Å². The van der Waals surface area contributed by atoms with E-state index in [4.69, 9.17) is 33.0 Å². The average molecular weight is 667 g/mol. The van der Waals surface area contributed by atoms with Crippen molar-refractivity contribution in [2.45, 2.75) is 38.1 Å². The fourth-order valence-electron chi connectivity index (χ4n) is 5.64. The number of hydrogen-bond acceptors (Lipinski definition) is 7. The number of aryl methyl sites for hydroxylation is 1. The molecule has 3 aromatic rings. The third kappa shape index (κ3) is 8.21. The van der Waals surface area contributed by atoms with Crippen LogP contribution in [-0.2, 0) is 21.5 Å². The second-order valence-electron chi connectivity index (χ2n) is 11.2. The number of nitrogens with one attached hydrogen (secondary N) is 3. The van der Waals surface area contributed by atoms with Crippen LogP contribution >= 0.6 is 23.2 Å². The summed E-state index contributed by atoms with van der Waals surface area (Å²) >= 11 is 12.3. The Bertz CT molecular complexity index is 1650. The Morgan fingerprint density at radius 3 is 2.52 bits per heavy atom. The molecule has 1 aliphatic carbocycles. The Morgan fingerprint density at radius 2 is 1.80 bits per heavy atom. The topological polar surface area (TPSA) is 130 Å². The summed E-state index contributed by atoms with van der Waals surface area (Å²) in [5.74, 6) is -0.133. The van der Waals surface area contributed by atoms with Gasteiger partial charge in [0.05, 0.1) is 34.6 Å². The third-order valence-electron chi connectivity index (χ3n) is 8.04. The molecule has 46 heavy (non-hydrogen) atoms. The Hall–Kier alpha value is -4.03. The average Bonchev–Trinajstić information content (AvgIpc) is 3.07. The summed E-state index contributed by atoms with van der Waals surface area (Å²) in [5, 5.41) is 13.3. The van der Waals surface area contributed by atoms with E-state index in [-0.39, 0.29) is 40.3 Å². The number of nitrogens with zero attached hydrogens (tertiary/aromatic N) is 4. The minimum absolute atomic E-state index is 0.000148. The van der Waals surface area contributed by atoms with Crippen LogP contribution in [0.4, 0.5) is 16.2 Å². The Kier molecular flexibility index (Phi) is 11.2. The van der Waals surface area contributed by atoms with Crippen molar-refractivity contribution in [2.24, 2.45) is 0 Å². The van der Waals surface area contributed by atoms with Crippen molar-refractivity contribution in [1.82, 2.24) is 25.0 Å². The second kappa shape index (κ2) is 15.5. The molecule has 13 heteroatoms. The molecule has 0 bridgehead atoms. The predicted molar refractivity (Wildman–Crippen MR) is 180 cm³/mol. The molecule has 11 nitrogen and oxygen atoms in total. The molecule has 1 atom stereocenters. The molecule has 1 aromatic carbocycles. The van der Waals surface area contributed by atoms with Crippen molar-refractivity contribution in [2.75, 3.05) is 50.0 Å². The normalized spacial score (nSPS) is 18.1. The maximum atomic E-state index is 13.5. The summed E-state index contributed by atoms with van der Waals surface area (Å²) < 4.78 is 6.71.